The Balaban J connectivity index is 1.71. The Kier molecular flexibility index (Phi) is 3.68. The standard InChI is InChI=1S/C15H17N5O/c16-14-18-15(17-12-8-2-1-3-9-12)19-20(14)13(21)10-11-6-4-5-7-11/h1-4,6,8-9,11H,5,7,10H2,(H3,16,17,18,19). The SMILES string of the molecule is Nc1nc(Nc2ccccc2)nn1C(=O)CC1C=CCC1. The molecule has 0 amide bonds. The normalized spacial score (nSPS) is 17.0. The third-order valence-electron chi connectivity index (χ3n) is 3.45. The lowest BCUT2D eigenvalue weighted by molar-refractivity contribution is 0.0875. The minimum Gasteiger partial charge on any atom is -0.368 e. The summed E-state index contributed by atoms with van der Waals surface area (Å²) in [5.41, 5.74) is 6.63. The van der Waals surface area contributed by atoms with Gasteiger partial charge in [0.05, 0.1) is 0 Å². The predicted octanol–water partition coefficient (Wildman–Crippen LogP) is 2.60. The van der Waals surface area contributed by atoms with Crippen molar-refractivity contribution in [3.8, 4) is 0 Å². The average molecular weight is 283 g/mol. The molecule has 2 aromatic rings. The van der Waals surface area contributed by atoms with Crippen molar-refractivity contribution in [2.45, 2.75) is 19.3 Å². The topological polar surface area (TPSA) is 85.8 Å². The van der Waals surface area contributed by atoms with Gasteiger partial charge in [-0.1, -0.05) is 30.4 Å². The minimum atomic E-state index is -0.127. The lowest BCUT2D eigenvalue weighted by atomic mass is 10.1. The van der Waals surface area contributed by atoms with Crippen LogP contribution in [0.25, 0.3) is 0 Å². The van der Waals surface area contributed by atoms with Gasteiger partial charge in [0.15, 0.2) is 0 Å². The average Bonchev–Trinajstić information content (AvgIpc) is 3.10. The number of para-hydroxylation sites is 1. The molecule has 3 N–H and O–H groups in total. The van der Waals surface area contributed by atoms with Crippen LogP contribution in [0.4, 0.5) is 17.6 Å². The van der Waals surface area contributed by atoms with E-state index >= 15 is 0 Å². The van der Waals surface area contributed by atoms with Gasteiger partial charge in [-0.2, -0.15) is 9.67 Å². The highest BCUT2D eigenvalue weighted by Crippen LogP contribution is 2.22. The predicted molar refractivity (Wildman–Crippen MR) is 81.3 cm³/mol. The molecule has 1 atom stereocenters. The molecular weight excluding hydrogens is 266 g/mol. The van der Waals surface area contributed by atoms with Crippen molar-refractivity contribution in [1.82, 2.24) is 14.8 Å². The second-order valence-electron chi connectivity index (χ2n) is 5.06. The maximum atomic E-state index is 12.2. The molecule has 1 aliphatic carbocycles. The zero-order valence-electron chi connectivity index (χ0n) is 11.6. The summed E-state index contributed by atoms with van der Waals surface area (Å²) in [5.74, 6) is 0.596. The smallest absolute Gasteiger partial charge is 0.250 e. The van der Waals surface area contributed by atoms with Crippen molar-refractivity contribution in [2.75, 3.05) is 11.1 Å². The van der Waals surface area contributed by atoms with Gasteiger partial charge in [-0.25, -0.2) is 0 Å². The van der Waals surface area contributed by atoms with E-state index in [0.717, 1.165) is 18.5 Å². The Morgan fingerprint density at radius 1 is 1.38 bits per heavy atom. The molecule has 3 rings (SSSR count). The first kappa shape index (κ1) is 13.4. The van der Waals surface area contributed by atoms with Crippen LogP contribution in [0.2, 0.25) is 0 Å². The molecule has 0 aliphatic heterocycles. The number of aromatic nitrogens is 3. The van der Waals surface area contributed by atoms with Crippen LogP contribution in [0.3, 0.4) is 0 Å². The zero-order valence-corrected chi connectivity index (χ0v) is 11.6. The van der Waals surface area contributed by atoms with Crippen LogP contribution in [0, 0.1) is 5.92 Å². The van der Waals surface area contributed by atoms with Crippen LogP contribution < -0.4 is 11.1 Å². The highest BCUT2D eigenvalue weighted by molar-refractivity contribution is 5.81. The number of anilines is 3. The van der Waals surface area contributed by atoms with Crippen LogP contribution >= 0.6 is 0 Å². The first-order valence-corrected chi connectivity index (χ1v) is 6.97. The number of nitrogens with zero attached hydrogens (tertiary/aromatic N) is 3. The molecular formula is C15H17N5O. The van der Waals surface area contributed by atoms with Gasteiger partial charge in [-0.3, -0.25) is 4.79 Å². The number of carbonyl (C=O) groups excluding carboxylic acids is 1. The largest absolute Gasteiger partial charge is 0.368 e. The molecule has 0 saturated carbocycles. The quantitative estimate of drug-likeness (QED) is 0.842. The first-order chi connectivity index (χ1) is 10.2. The van der Waals surface area contributed by atoms with Gasteiger partial charge in [-0.15, -0.1) is 5.10 Å². The fourth-order valence-electron chi connectivity index (χ4n) is 2.39. The number of nitrogens with one attached hydrogen (secondary N) is 1. The number of nitrogens with two attached hydrogens (primary N) is 1. The molecule has 0 fully saturated rings. The fraction of sp³-hybridized carbons (Fsp3) is 0.267. The van der Waals surface area contributed by atoms with Crippen molar-refractivity contribution in [2.24, 2.45) is 5.92 Å². The van der Waals surface area contributed by atoms with Gasteiger partial charge >= 0.3 is 0 Å². The van der Waals surface area contributed by atoms with E-state index < -0.39 is 0 Å². The van der Waals surface area contributed by atoms with Gasteiger partial charge in [0.25, 0.3) is 5.91 Å². The first-order valence-electron chi connectivity index (χ1n) is 6.97. The van der Waals surface area contributed by atoms with E-state index in [2.05, 4.69) is 27.6 Å². The molecule has 0 saturated heterocycles. The lowest BCUT2D eigenvalue weighted by Crippen LogP contribution is -2.17. The van der Waals surface area contributed by atoms with Gasteiger partial charge in [0.2, 0.25) is 11.9 Å². The molecule has 0 bridgehead atoms. The number of rotatable bonds is 4. The number of allylic oxidation sites excluding steroid dienone is 2. The maximum Gasteiger partial charge on any atom is 0.250 e. The summed E-state index contributed by atoms with van der Waals surface area (Å²) < 4.78 is 1.18. The van der Waals surface area contributed by atoms with E-state index in [1.54, 1.807) is 0 Å². The zero-order chi connectivity index (χ0) is 14.7. The van der Waals surface area contributed by atoms with Crippen molar-refractivity contribution in [3.05, 3.63) is 42.5 Å². The third-order valence-corrected chi connectivity index (χ3v) is 3.45. The van der Waals surface area contributed by atoms with E-state index in [9.17, 15) is 4.79 Å². The molecule has 1 aliphatic rings. The van der Waals surface area contributed by atoms with Crippen molar-refractivity contribution < 1.29 is 4.79 Å². The Bertz CT molecular complexity index is 662. The van der Waals surface area contributed by atoms with Crippen LogP contribution in [-0.4, -0.2) is 20.7 Å². The Morgan fingerprint density at radius 3 is 2.90 bits per heavy atom. The lowest BCUT2D eigenvalue weighted by Gasteiger charge is -2.06. The Hall–Kier alpha value is -2.63. The number of hydrogen-bond donors (Lipinski definition) is 2. The summed E-state index contributed by atoms with van der Waals surface area (Å²) in [5, 5.41) is 7.17. The van der Waals surface area contributed by atoms with Gasteiger partial charge < -0.3 is 11.1 Å². The second kappa shape index (κ2) is 5.78. The molecule has 108 valence electrons. The van der Waals surface area contributed by atoms with Gasteiger partial charge in [0.1, 0.15) is 0 Å². The molecule has 1 heterocycles. The summed E-state index contributed by atoms with van der Waals surface area (Å²) in [6, 6.07) is 9.51. The summed E-state index contributed by atoms with van der Waals surface area (Å²) in [6.45, 7) is 0. The number of benzene rings is 1. The highest BCUT2D eigenvalue weighted by Gasteiger charge is 2.19. The molecule has 1 aromatic heterocycles. The molecule has 1 aromatic carbocycles. The van der Waals surface area contributed by atoms with Crippen molar-refractivity contribution in [3.63, 3.8) is 0 Å². The van der Waals surface area contributed by atoms with Crippen LogP contribution in [0.5, 0.6) is 0 Å². The molecule has 0 spiro atoms. The molecule has 21 heavy (non-hydrogen) atoms. The monoisotopic (exact) mass is 283 g/mol. The summed E-state index contributed by atoms with van der Waals surface area (Å²) in [7, 11) is 0. The third kappa shape index (κ3) is 3.10. The Morgan fingerprint density at radius 2 is 2.19 bits per heavy atom. The van der Waals surface area contributed by atoms with Crippen LogP contribution in [0.15, 0.2) is 42.5 Å². The number of hydrogen-bond acceptors (Lipinski definition) is 5. The van der Waals surface area contributed by atoms with Crippen LogP contribution in [-0.2, 0) is 0 Å². The maximum absolute atomic E-state index is 12.2. The summed E-state index contributed by atoms with van der Waals surface area (Å²) in [4.78, 5) is 16.3. The second-order valence-corrected chi connectivity index (χ2v) is 5.06. The summed E-state index contributed by atoms with van der Waals surface area (Å²) in [6.07, 6.45) is 6.63. The number of carbonyl (C=O) groups is 1. The van der Waals surface area contributed by atoms with Crippen LogP contribution in [0.1, 0.15) is 24.1 Å². The number of nitrogen functional groups attached to an aromatic ring is 1. The van der Waals surface area contributed by atoms with E-state index in [1.165, 1.54) is 4.68 Å². The fourth-order valence-corrected chi connectivity index (χ4v) is 2.39. The van der Waals surface area contributed by atoms with E-state index in [4.69, 9.17) is 5.73 Å². The minimum absolute atomic E-state index is 0.111. The van der Waals surface area contributed by atoms with Crippen molar-refractivity contribution >= 4 is 23.5 Å². The summed E-state index contributed by atoms with van der Waals surface area (Å²) >= 11 is 0. The van der Waals surface area contributed by atoms with Crippen molar-refractivity contribution in [1.29, 1.82) is 0 Å². The molecule has 6 nitrogen and oxygen atoms in total. The highest BCUT2D eigenvalue weighted by atomic mass is 16.2. The van der Waals surface area contributed by atoms with Gasteiger partial charge in [0, 0.05) is 12.1 Å². The molecule has 6 heteroatoms. The molecule has 1 unspecified atom stereocenters. The Labute approximate surface area is 122 Å². The van der Waals surface area contributed by atoms with Gasteiger partial charge in [-0.05, 0) is 30.9 Å². The van der Waals surface area contributed by atoms with E-state index in [1.807, 2.05) is 30.3 Å². The van der Waals surface area contributed by atoms with E-state index in [0.29, 0.717) is 12.4 Å². The van der Waals surface area contributed by atoms with E-state index in [-0.39, 0.29) is 17.8 Å². The molecule has 0 radical (unpaired) electrons.